The van der Waals surface area contributed by atoms with Gasteiger partial charge in [0.1, 0.15) is 0 Å². The van der Waals surface area contributed by atoms with Crippen LogP contribution in [-0.2, 0) is 4.79 Å². The van der Waals surface area contributed by atoms with Gasteiger partial charge in [0, 0.05) is 25.6 Å². The number of nitrogens with one attached hydrogen (secondary N) is 1. The molecular formula is C11H21N3O2. The van der Waals surface area contributed by atoms with Gasteiger partial charge in [-0.1, -0.05) is 12.8 Å². The van der Waals surface area contributed by atoms with Gasteiger partial charge in [0.25, 0.3) is 0 Å². The van der Waals surface area contributed by atoms with E-state index in [4.69, 9.17) is 5.73 Å². The SMILES string of the molecule is CC(CC(N)=O)NC(=O)N1CCCCCC1. The molecule has 1 rings (SSSR count). The number of likely N-dealkylation sites (tertiary alicyclic amines) is 1. The maximum Gasteiger partial charge on any atom is 0.317 e. The average molecular weight is 227 g/mol. The van der Waals surface area contributed by atoms with Crippen LogP contribution in [0.1, 0.15) is 39.0 Å². The molecule has 5 nitrogen and oxygen atoms in total. The third kappa shape index (κ3) is 4.51. The molecule has 0 aromatic rings. The van der Waals surface area contributed by atoms with Crippen LogP contribution in [-0.4, -0.2) is 36.0 Å². The Morgan fingerprint density at radius 1 is 1.25 bits per heavy atom. The van der Waals surface area contributed by atoms with E-state index in [1.807, 2.05) is 4.90 Å². The number of hydrogen-bond acceptors (Lipinski definition) is 2. The Morgan fingerprint density at radius 3 is 2.31 bits per heavy atom. The second-order valence-electron chi connectivity index (χ2n) is 4.42. The van der Waals surface area contributed by atoms with Crippen molar-refractivity contribution in [1.29, 1.82) is 0 Å². The molecule has 0 saturated carbocycles. The molecule has 16 heavy (non-hydrogen) atoms. The number of rotatable bonds is 3. The van der Waals surface area contributed by atoms with E-state index in [1.165, 1.54) is 12.8 Å². The van der Waals surface area contributed by atoms with Gasteiger partial charge in [-0.15, -0.1) is 0 Å². The number of carbonyl (C=O) groups is 2. The smallest absolute Gasteiger partial charge is 0.317 e. The topological polar surface area (TPSA) is 75.4 Å². The lowest BCUT2D eigenvalue weighted by Gasteiger charge is -2.23. The van der Waals surface area contributed by atoms with Gasteiger partial charge in [0.2, 0.25) is 5.91 Å². The zero-order chi connectivity index (χ0) is 12.0. The summed E-state index contributed by atoms with van der Waals surface area (Å²) in [5, 5.41) is 2.79. The van der Waals surface area contributed by atoms with Gasteiger partial charge in [0.15, 0.2) is 0 Å². The van der Waals surface area contributed by atoms with E-state index < -0.39 is 0 Å². The van der Waals surface area contributed by atoms with E-state index >= 15 is 0 Å². The molecule has 0 aromatic carbocycles. The molecule has 3 amide bonds. The summed E-state index contributed by atoms with van der Waals surface area (Å²) in [6, 6.07) is -0.260. The van der Waals surface area contributed by atoms with Gasteiger partial charge in [0.05, 0.1) is 0 Å². The van der Waals surface area contributed by atoms with Gasteiger partial charge in [-0.05, 0) is 19.8 Å². The van der Waals surface area contributed by atoms with Crippen LogP contribution in [0.25, 0.3) is 0 Å². The maximum absolute atomic E-state index is 11.8. The van der Waals surface area contributed by atoms with Crippen molar-refractivity contribution >= 4 is 11.9 Å². The lowest BCUT2D eigenvalue weighted by molar-refractivity contribution is -0.118. The Morgan fingerprint density at radius 2 is 1.81 bits per heavy atom. The van der Waals surface area contributed by atoms with Crippen LogP contribution >= 0.6 is 0 Å². The summed E-state index contributed by atoms with van der Waals surface area (Å²) in [5.74, 6) is -0.385. The minimum atomic E-state index is -0.385. The number of amides is 3. The molecule has 1 fully saturated rings. The predicted octanol–water partition coefficient (Wildman–Crippen LogP) is 0.836. The highest BCUT2D eigenvalue weighted by Crippen LogP contribution is 2.09. The minimum absolute atomic E-state index is 0.0735. The number of nitrogens with two attached hydrogens (primary N) is 1. The summed E-state index contributed by atoms with van der Waals surface area (Å²) < 4.78 is 0. The van der Waals surface area contributed by atoms with Crippen LogP contribution in [0, 0.1) is 0 Å². The fraction of sp³-hybridized carbons (Fsp3) is 0.818. The van der Waals surface area contributed by atoms with Crippen LogP contribution in [0.15, 0.2) is 0 Å². The van der Waals surface area contributed by atoms with Crippen molar-refractivity contribution in [2.24, 2.45) is 5.73 Å². The molecule has 1 saturated heterocycles. The number of carbonyl (C=O) groups excluding carboxylic acids is 2. The molecule has 1 aliphatic rings. The van der Waals surface area contributed by atoms with Crippen LogP contribution in [0.4, 0.5) is 4.79 Å². The first-order valence-corrected chi connectivity index (χ1v) is 5.93. The van der Waals surface area contributed by atoms with E-state index in [1.54, 1.807) is 6.92 Å². The highest BCUT2D eigenvalue weighted by Gasteiger charge is 2.17. The quantitative estimate of drug-likeness (QED) is 0.749. The Bertz CT molecular complexity index is 248. The number of primary amides is 1. The number of hydrogen-bond donors (Lipinski definition) is 2. The van der Waals surface area contributed by atoms with Crippen LogP contribution in [0.2, 0.25) is 0 Å². The molecule has 1 aliphatic heterocycles. The molecule has 0 aliphatic carbocycles. The normalized spacial score (nSPS) is 18.7. The summed E-state index contributed by atoms with van der Waals surface area (Å²) in [6.07, 6.45) is 4.72. The Hall–Kier alpha value is -1.26. The highest BCUT2D eigenvalue weighted by atomic mass is 16.2. The van der Waals surface area contributed by atoms with E-state index in [-0.39, 0.29) is 24.4 Å². The molecular weight excluding hydrogens is 206 g/mol. The Balaban J connectivity index is 2.34. The van der Waals surface area contributed by atoms with Crippen LogP contribution in [0.3, 0.4) is 0 Å². The van der Waals surface area contributed by atoms with Crippen molar-refractivity contribution < 1.29 is 9.59 Å². The zero-order valence-corrected chi connectivity index (χ0v) is 9.87. The zero-order valence-electron chi connectivity index (χ0n) is 9.87. The molecule has 3 N–H and O–H groups in total. The van der Waals surface area contributed by atoms with Crippen LogP contribution < -0.4 is 11.1 Å². The minimum Gasteiger partial charge on any atom is -0.370 e. The van der Waals surface area contributed by atoms with Crippen molar-refractivity contribution in [2.75, 3.05) is 13.1 Å². The molecule has 0 bridgehead atoms. The van der Waals surface area contributed by atoms with Crippen LogP contribution in [0.5, 0.6) is 0 Å². The first kappa shape index (κ1) is 12.8. The standard InChI is InChI=1S/C11H21N3O2/c1-9(8-10(12)15)13-11(16)14-6-4-2-3-5-7-14/h9H,2-8H2,1H3,(H2,12,15)(H,13,16). The van der Waals surface area contributed by atoms with Gasteiger partial charge in [-0.2, -0.15) is 0 Å². The summed E-state index contributed by atoms with van der Waals surface area (Å²) in [6.45, 7) is 3.42. The third-order valence-corrected chi connectivity index (χ3v) is 2.77. The lowest BCUT2D eigenvalue weighted by atomic mass is 10.2. The predicted molar refractivity (Wildman–Crippen MR) is 61.8 cm³/mol. The fourth-order valence-electron chi connectivity index (χ4n) is 1.93. The van der Waals surface area contributed by atoms with Gasteiger partial charge in [-0.3, -0.25) is 4.79 Å². The molecule has 1 heterocycles. The van der Waals surface area contributed by atoms with Gasteiger partial charge in [-0.25, -0.2) is 4.79 Å². The van der Waals surface area contributed by atoms with E-state index in [9.17, 15) is 9.59 Å². The lowest BCUT2D eigenvalue weighted by Crippen LogP contribution is -2.45. The third-order valence-electron chi connectivity index (χ3n) is 2.77. The molecule has 92 valence electrons. The summed E-state index contributed by atoms with van der Waals surface area (Å²) >= 11 is 0. The molecule has 0 aromatic heterocycles. The Labute approximate surface area is 96.4 Å². The molecule has 1 unspecified atom stereocenters. The summed E-state index contributed by atoms with van der Waals surface area (Å²) in [7, 11) is 0. The maximum atomic E-state index is 11.8. The first-order valence-electron chi connectivity index (χ1n) is 5.93. The van der Waals surface area contributed by atoms with E-state index in [0.717, 1.165) is 25.9 Å². The molecule has 0 spiro atoms. The van der Waals surface area contributed by atoms with E-state index in [2.05, 4.69) is 5.32 Å². The molecule has 5 heteroatoms. The van der Waals surface area contributed by atoms with E-state index in [0.29, 0.717) is 0 Å². The summed E-state index contributed by atoms with van der Waals surface area (Å²) in [4.78, 5) is 24.3. The van der Waals surface area contributed by atoms with Gasteiger partial charge < -0.3 is 16.0 Å². The fourth-order valence-corrected chi connectivity index (χ4v) is 1.93. The van der Waals surface area contributed by atoms with Crippen molar-refractivity contribution in [2.45, 2.75) is 45.1 Å². The molecule has 0 radical (unpaired) electrons. The highest BCUT2D eigenvalue weighted by molar-refractivity contribution is 5.77. The van der Waals surface area contributed by atoms with Gasteiger partial charge >= 0.3 is 6.03 Å². The first-order chi connectivity index (χ1) is 7.59. The largest absolute Gasteiger partial charge is 0.370 e. The van der Waals surface area contributed by atoms with Crippen molar-refractivity contribution in [3.8, 4) is 0 Å². The number of urea groups is 1. The second-order valence-corrected chi connectivity index (χ2v) is 4.42. The van der Waals surface area contributed by atoms with Crippen molar-refractivity contribution in [3.05, 3.63) is 0 Å². The summed E-state index contributed by atoms with van der Waals surface area (Å²) in [5.41, 5.74) is 5.07. The molecule has 1 atom stereocenters. The number of nitrogens with zero attached hydrogens (tertiary/aromatic N) is 1. The second kappa shape index (κ2) is 6.35. The Kier molecular flexibility index (Phi) is 5.08. The monoisotopic (exact) mass is 227 g/mol. The van der Waals surface area contributed by atoms with Crippen molar-refractivity contribution in [1.82, 2.24) is 10.2 Å². The van der Waals surface area contributed by atoms with Crippen molar-refractivity contribution in [3.63, 3.8) is 0 Å². The average Bonchev–Trinajstić information content (AvgIpc) is 2.43.